The van der Waals surface area contributed by atoms with E-state index in [1.807, 2.05) is 18.3 Å². The van der Waals surface area contributed by atoms with E-state index < -0.39 is 0 Å². The van der Waals surface area contributed by atoms with E-state index in [0.29, 0.717) is 12.1 Å². The summed E-state index contributed by atoms with van der Waals surface area (Å²) in [7, 11) is 0. The van der Waals surface area contributed by atoms with Crippen molar-refractivity contribution in [2.75, 3.05) is 0 Å². The predicted molar refractivity (Wildman–Crippen MR) is 110 cm³/mol. The Bertz CT molecular complexity index is 1150. The topological polar surface area (TPSA) is 8.81 Å². The first kappa shape index (κ1) is 19.7. The van der Waals surface area contributed by atoms with Crippen LogP contribution in [0.25, 0.3) is 10.9 Å². The number of aromatic nitrogens is 2. The molecule has 29 heavy (non-hydrogen) atoms. The number of aryl methyl sites for hydroxylation is 1. The first-order valence-corrected chi connectivity index (χ1v) is 10.1. The highest BCUT2D eigenvalue weighted by molar-refractivity contribution is 5.86. The molecule has 0 unspecified atom stereocenters. The second-order valence-corrected chi connectivity index (χ2v) is 7.71. The van der Waals surface area contributed by atoms with E-state index in [-0.39, 0.29) is 18.2 Å². The highest BCUT2D eigenvalue weighted by atomic mass is 35.5. The number of para-hydroxylation sites is 1. The minimum atomic E-state index is -0.147. The Balaban J connectivity index is 0.00000205. The Morgan fingerprint density at radius 2 is 1.69 bits per heavy atom. The van der Waals surface area contributed by atoms with Crippen LogP contribution in [0.3, 0.4) is 0 Å². The largest absolute Gasteiger partial charge is 1.00 e. The maximum Gasteiger partial charge on any atom is 0.176 e. The van der Waals surface area contributed by atoms with Crippen LogP contribution in [0.4, 0.5) is 4.39 Å². The van der Waals surface area contributed by atoms with Gasteiger partial charge >= 0.3 is 0 Å². The van der Waals surface area contributed by atoms with E-state index in [1.54, 1.807) is 6.07 Å². The van der Waals surface area contributed by atoms with Crippen molar-refractivity contribution in [3.05, 3.63) is 101 Å². The third-order valence-electron chi connectivity index (χ3n) is 5.86. The number of rotatable bonds is 4. The summed E-state index contributed by atoms with van der Waals surface area (Å²) in [6.45, 7) is 1.40. The van der Waals surface area contributed by atoms with Gasteiger partial charge in [-0.15, -0.1) is 0 Å². The Labute approximate surface area is 177 Å². The molecule has 1 aliphatic carbocycles. The second kappa shape index (κ2) is 8.38. The fourth-order valence-electron chi connectivity index (χ4n) is 4.54. The molecule has 0 bridgehead atoms. The number of hydrogen-bond donors (Lipinski definition) is 0. The average Bonchev–Trinajstić information content (AvgIpc) is 3.04. The van der Waals surface area contributed by atoms with Gasteiger partial charge in [0.15, 0.2) is 18.9 Å². The van der Waals surface area contributed by atoms with E-state index >= 15 is 0 Å². The summed E-state index contributed by atoms with van der Waals surface area (Å²) in [6, 6.07) is 20.0. The maximum absolute atomic E-state index is 14.0. The molecule has 0 N–H and O–H groups in total. The first-order chi connectivity index (χ1) is 13.8. The highest BCUT2D eigenvalue weighted by Gasteiger charge is 2.20. The van der Waals surface area contributed by atoms with E-state index in [0.717, 1.165) is 13.0 Å². The van der Waals surface area contributed by atoms with Crippen molar-refractivity contribution in [2.24, 2.45) is 0 Å². The molecule has 0 aliphatic heterocycles. The van der Waals surface area contributed by atoms with Crippen LogP contribution in [0.5, 0.6) is 0 Å². The van der Waals surface area contributed by atoms with Gasteiger partial charge in [-0.25, -0.2) is 8.96 Å². The lowest BCUT2D eigenvalue weighted by atomic mass is 9.95. The van der Waals surface area contributed by atoms with Crippen molar-refractivity contribution in [3.63, 3.8) is 0 Å². The summed E-state index contributed by atoms with van der Waals surface area (Å²) < 4.78 is 18.6. The van der Waals surface area contributed by atoms with Crippen LogP contribution in [0, 0.1) is 5.82 Å². The average molecular weight is 407 g/mol. The van der Waals surface area contributed by atoms with Crippen molar-refractivity contribution in [1.29, 1.82) is 0 Å². The van der Waals surface area contributed by atoms with E-state index in [1.165, 1.54) is 53.1 Å². The number of nitrogens with zero attached hydrogens (tertiary/aromatic N) is 2. The molecular weight excluding hydrogens is 383 g/mol. The summed E-state index contributed by atoms with van der Waals surface area (Å²) in [5.74, 6) is -0.147. The van der Waals surface area contributed by atoms with Crippen molar-refractivity contribution in [1.82, 2.24) is 4.57 Å². The number of fused-ring (bicyclic) bond motifs is 3. The van der Waals surface area contributed by atoms with E-state index in [4.69, 9.17) is 0 Å². The summed E-state index contributed by atoms with van der Waals surface area (Å²) in [5, 5.41) is 1.41. The third kappa shape index (κ3) is 3.79. The zero-order chi connectivity index (χ0) is 18.9. The van der Waals surface area contributed by atoms with Gasteiger partial charge in [-0.2, -0.15) is 0 Å². The molecule has 2 nitrogen and oxygen atoms in total. The van der Waals surface area contributed by atoms with Crippen LogP contribution in [0.15, 0.2) is 73.1 Å². The second-order valence-electron chi connectivity index (χ2n) is 7.71. The zero-order valence-corrected chi connectivity index (χ0v) is 17.1. The molecule has 1 aliphatic rings. The maximum atomic E-state index is 14.0. The minimum absolute atomic E-state index is 0. The zero-order valence-electron chi connectivity index (χ0n) is 16.3. The number of halogens is 2. The molecule has 4 heteroatoms. The Kier molecular flexibility index (Phi) is 5.68. The standard InChI is InChI=1S/C25H24FN2.ClH/c26-23-12-4-1-9-20(23)18-27-15-7-8-19(16-27)17-28-24-13-5-2-10-21(24)22-11-3-6-14-25(22)28;/h1-2,4-5,7-10,12-13,15-16H,3,6,11,14,17-18H2;1H/q+1;/p-1. The molecule has 2 heterocycles. The van der Waals surface area contributed by atoms with Gasteiger partial charge in [0, 0.05) is 28.2 Å². The summed E-state index contributed by atoms with van der Waals surface area (Å²) >= 11 is 0. The molecule has 148 valence electrons. The van der Waals surface area contributed by atoms with Gasteiger partial charge in [-0.1, -0.05) is 30.3 Å². The fourth-order valence-corrected chi connectivity index (χ4v) is 4.54. The number of hydrogen-bond acceptors (Lipinski definition) is 0. The van der Waals surface area contributed by atoms with Crippen LogP contribution < -0.4 is 17.0 Å². The van der Waals surface area contributed by atoms with E-state index in [9.17, 15) is 4.39 Å². The van der Waals surface area contributed by atoms with Gasteiger partial charge in [0.05, 0.1) is 12.1 Å². The van der Waals surface area contributed by atoms with Crippen LogP contribution in [0.1, 0.15) is 35.2 Å². The molecule has 0 saturated carbocycles. The Morgan fingerprint density at radius 1 is 0.897 bits per heavy atom. The summed E-state index contributed by atoms with van der Waals surface area (Å²) in [4.78, 5) is 0. The smallest absolute Gasteiger partial charge is 0.176 e. The van der Waals surface area contributed by atoms with Gasteiger partial charge in [-0.05, 0) is 55.5 Å². The van der Waals surface area contributed by atoms with Crippen LogP contribution >= 0.6 is 0 Å². The summed E-state index contributed by atoms with van der Waals surface area (Å²) in [5.41, 5.74) is 6.33. The van der Waals surface area contributed by atoms with Crippen molar-refractivity contribution in [3.8, 4) is 0 Å². The molecule has 5 rings (SSSR count). The van der Waals surface area contributed by atoms with Gasteiger partial charge < -0.3 is 17.0 Å². The SMILES string of the molecule is Fc1ccccc1C[n+]1cccc(Cn2c3c(c4ccccc42)CCCC3)c1.[Cl-]. The highest BCUT2D eigenvalue weighted by Crippen LogP contribution is 2.32. The third-order valence-corrected chi connectivity index (χ3v) is 5.86. The molecule has 4 aromatic rings. The number of benzene rings is 2. The lowest BCUT2D eigenvalue weighted by Crippen LogP contribution is -3.00. The summed E-state index contributed by atoms with van der Waals surface area (Å²) in [6.07, 6.45) is 9.06. The van der Waals surface area contributed by atoms with Crippen molar-refractivity contribution in [2.45, 2.75) is 38.8 Å². The van der Waals surface area contributed by atoms with E-state index in [2.05, 4.69) is 51.7 Å². The molecule has 0 atom stereocenters. The molecule has 0 saturated heterocycles. The number of pyridine rings is 1. The lowest BCUT2D eigenvalue weighted by molar-refractivity contribution is -0.689. The molecular formula is C25H24ClFN2. The molecule has 0 fully saturated rings. The first-order valence-electron chi connectivity index (χ1n) is 10.1. The Hall–Kier alpha value is -2.65. The normalized spacial score (nSPS) is 13.1. The van der Waals surface area contributed by atoms with Crippen LogP contribution in [0.2, 0.25) is 0 Å². The van der Waals surface area contributed by atoms with Crippen molar-refractivity contribution >= 4 is 10.9 Å². The molecule has 0 radical (unpaired) electrons. The molecule has 2 aromatic heterocycles. The van der Waals surface area contributed by atoms with Gasteiger partial charge in [0.1, 0.15) is 5.82 Å². The molecule has 0 amide bonds. The quantitative estimate of drug-likeness (QED) is 0.459. The van der Waals surface area contributed by atoms with Gasteiger partial charge in [0.25, 0.3) is 0 Å². The van der Waals surface area contributed by atoms with Crippen LogP contribution in [-0.2, 0) is 25.9 Å². The Morgan fingerprint density at radius 3 is 2.59 bits per heavy atom. The van der Waals surface area contributed by atoms with Crippen molar-refractivity contribution < 1.29 is 21.4 Å². The molecule has 0 spiro atoms. The lowest BCUT2D eigenvalue weighted by Gasteiger charge is -2.16. The van der Waals surface area contributed by atoms with Gasteiger partial charge in [0.2, 0.25) is 0 Å². The predicted octanol–water partition coefficient (Wildman–Crippen LogP) is 2.05. The van der Waals surface area contributed by atoms with Gasteiger partial charge in [-0.3, -0.25) is 0 Å². The minimum Gasteiger partial charge on any atom is -1.00 e. The molecule has 2 aromatic carbocycles. The van der Waals surface area contributed by atoms with Crippen LogP contribution in [-0.4, -0.2) is 4.57 Å². The monoisotopic (exact) mass is 406 g/mol. The fraction of sp³-hybridized carbons (Fsp3) is 0.240.